The average molecular weight is 367 g/mol. The van der Waals surface area contributed by atoms with Crippen molar-refractivity contribution in [3.63, 3.8) is 0 Å². The van der Waals surface area contributed by atoms with E-state index in [1.54, 1.807) is 12.5 Å². The van der Waals surface area contributed by atoms with Crippen LogP contribution in [0.15, 0.2) is 43.0 Å². The van der Waals surface area contributed by atoms with E-state index in [4.69, 9.17) is 16.6 Å². The molecule has 0 bridgehead atoms. The number of nitrogens with zero attached hydrogens (tertiary/aromatic N) is 7. The van der Waals surface area contributed by atoms with Crippen molar-refractivity contribution in [3.05, 3.63) is 53.8 Å². The molecule has 3 aromatic heterocycles. The van der Waals surface area contributed by atoms with Gasteiger partial charge in [0.1, 0.15) is 5.82 Å². The van der Waals surface area contributed by atoms with E-state index in [0.29, 0.717) is 5.02 Å². The van der Waals surface area contributed by atoms with Crippen molar-refractivity contribution in [2.45, 2.75) is 12.3 Å². The lowest BCUT2D eigenvalue weighted by atomic mass is 10.1. The Morgan fingerprint density at radius 1 is 1.23 bits per heavy atom. The number of tetrazole rings is 1. The van der Waals surface area contributed by atoms with Gasteiger partial charge >= 0.3 is 0 Å². The smallest absolute Gasteiger partial charge is 0.179 e. The second-order valence-electron chi connectivity index (χ2n) is 6.33. The van der Waals surface area contributed by atoms with E-state index >= 15 is 0 Å². The summed E-state index contributed by atoms with van der Waals surface area (Å²) in [5.41, 5.74) is 1.89. The standard InChI is InChI=1S/C17H15ClN8/c18-12-1-2-13-14(7-12)20-16(8-15(13)26-6-4-19-10-26)25-5-3-11(9-25)17-21-23-24-22-17/h1-2,4,6-8,10-11H,3,5,9H2,(H,21,22,23,24). The Morgan fingerprint density at radius 3 is 3.00 bits per heavy atom. The van der Waals surface area contributed by atoms with Crippen LogP contribution in [0, 0.1) is 0 Å². The number of hydrogen-bond donors (Lipinski definition) is 1. The number of nitrogens with one attached hydrogen (secondary N) is 1. The molecule has 1 aliphatic rings. The fourth-order valence-corrected chi connectivity index (χ4v) is 3.63. The van der Waals surface area contributed by atoms with Gasteiger partial charge in [0, 0.05) is 47.9 Å². The summed E-state index contributed by atoms with van der Waals surface area (Å²) < 4.78 is 1.99. The summed E-state index contributed by atoms with van der Waals surface area (Å²) in [5, 5.41) is 16.1. The molecule has 130 valence electrons. The van der Waals surface area contributed by atoms with Gasteiger partial charge in [-0.2, -0.15) is 5.21 Å². The molecule has 4 heterocycles. The Hall–Kier alpha value is -3.00. The largest absolute Gasteiger partial charge is 0.356 e. The fraction of sp³-hybridized carbons (Fsp3) is 0.235. The van der Waals surface area contributed by atoms with Crippen molar-refractivity contribution in [1.82, 2.24) is 35.2 Å². The number of rotatable bonds is 3. The molecule has 1 N–H and O–H groups in total. The van der Waals surface area contributed by atoms with Crippen LogP contribution >= 0.6 is 11.6 Å². The van der Waals surface area contributed by atoms with Crippen LogP contribution in [0.3, 0.4) is 0 Å². The number of H-pyrrole nitrogens is 1. The Bertz CT molecular complexity index is 1040. The molecule has 5 rings (SSSR count). The molecule has 0 aliphatic carbocycles. The average Bonchev–Trinajstić information content (AvgIpc) is 3.42. The summed E-state index contributed by atoms with van der Waals surface area (Å²) in [6.45, 7) is 1.70. The van der Waals surface area contributed by atoms with Gasteiger partial charge in [-0.15, -0.1) is 10.2 Å². The van der Waals surface area contributed by atoms with Crippen molar-refractivity contribution >= 4 is 28.3 Å². The summed E-state index contributed by atoms with van der Waals surface area (Å²) in [6.07, 6.45) is 6.46. The topological polar surface area (TPSA) is 88.4 Å². The highest BCUT2D eigenvalue weighted by atomic mass is 35.5. The van der Waals surface area contributed by atoms with Gasteiger partial charge in [0.15, 0.2) is 5.82 Å². The first-order valence-electron chi connectivity index (χ1n) is 8.35. The predicted octanol–water partition coefficient (Wildman–Crippen LogP) is 2.58. The van der Waals surface area contributed by atoms with Crippen LogP contribution in [-0.2, 0) is 0 Å². The van der Waals surface area contributed by atoms with E-state index in [-0.39, 0.29) is 5.92 Å². The molecule has 4 aromatic rings. The van der Waals surface area contributed by atoms with Gasteiger partial charge < -0.3 is 9.47 Å². The van der Waals surface area contributed by atoms with Gasteiger partial charge in [-0.3, -0.25) is 0 Å². The van der Waals surface area contributed by atoms with Crippen molar-refractivity contribution < 1.29 is 0 Å². The third kappa shape index (κ3) is 2.59. The van der Waals surface area contributed by atoms with Crippen LogP contribution in [0.5, 0.6) is 0 Å². The fourth-order valence-electron chi connectivity index (χ4n) is 3.47. The molecular formula is C17H15ClN8. The minimum absolute atomic E-state index is 0.252. The van der Waals surface area contributed by atoms with Crippen LogP contribution in [0.2, 0.25) is 5.02 Å². The quantitative estimate of drug-likeness (QED) is 0.599. The van der Waals surface area contributed by atoms with Gasteiger partial charge in [-0.25, -0.2) is 9.97 Å². The van der Waals surface area contributed by atoms with E-state index in [1.165, 1.54) is 0 Å². The van der Waals surface area contributed by atoms with E-state index < -0.39 is 0 Å². The highest BCUT2D eigenvalue weighted by molar-refractivity contribution is 6.31. The lowest BCUT2D eigenvalue weighted by molar-refractivity contribution is 0.711. The SMILES string of the molecule is Clc1ccc2c(-n3ccnc3)cc(N3CCC(c4nn[nH]n4)C3)nc2c1. The first-order chi connectivity index (χ1) is 12.8. The summed E-state index contributed by atoms with van der Waals surface area (Å²) >= 11 is 6.20. The van der Waals surface area contributed by atoms with Crippen LogP contribution in [0.1, 0.15) is 18.2 Å². The first kappa shape index (κ1) is 15.3. The van der Waals surface area contributed by atoms with Crippen molar-refractivity contribution in [3.8, 4) is 5.69 Å². The Morgan fingerprint density at radius 2 is 2.19 bits per heavy atom. The van der Waals surface area contributed by atoms with Gasteiger partial charge in [-0.05, 0) is 24.6 Å². The van der Waals surface area contributed by atoms with Crippen molar-refractivity contribution in [2.24, 2.45) is 0 Å². The third-order valence-corrected chi connectivity index (χ3v) is 4.99. The van der Waals surface area contributed by atoms with Crippen LogP contribution in [-0.4, -0.2) is 48.2 Å². The summed E-state index contributed by atoms with van der Waals surface area (Å²) in [7, 11) is 0. The van der Waals surface area contributed by atoms with Gasteiger partial charge in [0.05, 0.1) is 17.5 Å². The molecule has 1 unspecified atom stereocenters. The Balaban J connectivity index is 1.58. The number of anilines is 1. The third-order valence-electron chi connectivity index (χ3n) is 4.76. The molecule has 1 saturated heterocycles. The van der Waals surface area contributed by atoms with Crippen molar-refractivity contribution in [1.29, 1.82) is 0 Å². The Labute approximate surface area is 153 Å². The number of aromatic amines is 1. The zero-order valence-electron chi connectivity index (χ0n) is 13.7. The van der Waals surface area contributed by atoms with Crippen LogP contribution in [0.25, 0.3) is 16.6 Å². The lowest BCUT2D eigenvalue weighted by Crippen LogP contribution is -2.21. The normalized spacial score (nSPS) is 17.3. The van der Waals surface area contributed by atoms with Crippen LogP contribution < -0.4 is 4.90 Å². The maximum absolute atomic E-state index is 6.20. The van der Waals surface area contributed by atoms with E-state index in [1.807, 2.05) is 29.0 Å². The molecule has 1 fully saturated rings. The summed E-state index contributed by atoms with van der Waals surface area (Å²) in [4.78, 5) is 11.3. The number of imidazole rings is 1. The second kappa shape index (κ2) is 6.06. The maximum Gasteiger partial charge on any atom is 0.179 e. The van der Waals surface area contributed by atoms with Crippen LogP contribution in [0.4, 0.5) is 5.82 Å². The molecular weight excluding hydrogens is 352 g/mol. The van der Waals surface area contributed by atoms with Gasteiger partial charge in [0.2, 0.25) is 0 Å². The predicted molar refractivity (Wildman–Crippen MR) is 97.6 cm³/mol. The van der Waals surface area contributed by atoms with E-state index in [9.17, 15) is 0 Å². The highest BCUT2D eigenvalue weighted by Crippen LogP contribution is 2.32. The van der Waals surface area contributed by atoms with E-state index in [2.05, 4.69) is 36.6 Å². The molecule has 0 radical (unpaired) electrons. The van der Waals surface area contributed by atoms with E-state index in [0.717, 1.165) is 47.7 Å². The van der Waals surface area contributed by atoms with Crippen molar-refractivity contribution in [2.75, 3.05) is 18.0 Å². The lowest BCUT2D eigenvalue weighted by Gasteiger charge is -2.19. The minimum atomic E-state index is 0.252. The molecule has 0 amide bonds. The summed E-state index contributed by atoms with van der Waals surface area (Å²) in [5.74, 6) is 1.92. The highest BCUT2D eigenvalue weighted by Gasteiger charge is 2.28. The number of fused-ring (bicyclic) bond motifs is 1. The molecule has 0 spiro atoms. The monoisotopic (exact) mass is 366 g/mol. The molecule has 0 saturated carbocycles. The summed E-state index contributed by atoms with van der Waals surface area (Å²) in [6, 6.07) is 7.87. The minimum Gasteiger partial charge on any atom is -0.356 e. The molecule has 26 heavy (non-hydrogen) atoms. The van der Waals surface area contributed by atoms with Gasteiger partial charge in [0.25, 0.3) is 0 Å². The zero-order valence-corrected chi connectivity index (χ0v) is 14.5. The first-order valence-corrected chi connectivity index (χ1v) is 8.72. The molecule has 9 heteroatoms. The second-order valence-corrected chi connectivity index (χ2v) is 6.77. The molecule has 8 nitrogen and oxygen atoms in total. The number of halogens is 1. The maximum atomic E-state index is 6.20. The number of pyridine rings is 1. The molecule has 1 aliphatic heterocycles. The number of aromatic nitrogens is 7. The molecule has 1 aromatic carbocycles. The van der Waals surface area contributed by atoms with Gasteiger partial charge in [-0.1, -0.05) is 16.8 Å². The zero-order chi connectivity index (χ0) is 17.5. The number of benzene rings is 1. The number of hydrogen-bond acceptors (Lipinski definition) is 6. The Kier molecular flexibility index (Phi) is 3.56. The molecule has 1 atom stereocenters.